The number of rotatable bonds is 5. The van der Waals surface area contributed by atoms with Crippen molar-refractivity contribution in [3.05, 3.63) is 51.6 Å². The first-order valence-corrected chi connectivity index (χ1v) is 8.71. The molecule has 5 nitrogen and oxygen atoms in total. The van der Waals surface area contributed by atoms with Gasteiger partial charge in [-0.1, -0.05) is 23.9 Å². The Labute approximate surface area is 140 Å². The zero-order valence-corrected chi connectivity index (χ0v) is 14.2. The fourth-order valence-corrected chi connectivity index (χ4v) is 3.79. The number of fused-ring (bicyclic) bond motifs is 1. The summed E-state index contributed by atoms with van der Waals surface area (Å²) in [7, 11) is 3.24. The van der Waals surface area contributed by atoms with Crippen LogP contribution in [0.4, 0.5) is 0 Å². The third-order valence-corrected chi connectivity index (χ3v) is 5.22. The Morgan fingerprint density at radius 1 is 1.39 bits per heavy atom. The highest BCUT2D eigenvalue weighted by Crippen LogP contribution is 2.22. The van der Waals surface area contributed by atoms with Gasteiger partial charge in [0.15, 0.2) is 10.9 Å². The first-order valence-electron chi connectivity index (χ1n) is 6.84. The quantitative estimate of drug-likeness (QED) is 0.404. The standard InChI is InChI=1S/C16H14N2O3S2/c1-18-15(20)12-6-7-22-14(12)17-16(18)23-9-13(19)10-4-3-5-11(8-10)21-2/h3-8H,9H2,1-2H3. The first kappa shape index (κ1) is 15.8. The smallest absolute Gasteiger partial charge is 0.262 e. The number of benzene rings is 1. The molecule has 0 aliphatic rings. The third kappa shape index (κ3) is 3.16. The molecule has 7 heteroatoms. The second-order valence-electron chi connectivity index (χ2n) is 4.84. The van der Waals surface area contributed by atoms with Crippen LogP contribution in [0.1, 0.15) is 10.4 Å². The van der Waals surface area contributed by atoms with Crippen LogP contribution < -0.4 is 10.3 Å². The van der Waals surface area contributed by atoms with E-state index in [2.05, 4.69) is 4.98 Å². The number of nitrogens with zero attached hydrogens (tertiary/aromatic N) is 2. The zero-order chi connectivity index (χ0) is 16.4. The number of hydrogen-bond donors (Lipinski definition) is 0. The van der Waals surface area contributed by atoms with Gasteiger partial charge in [0, 0.05) is 12.6 Å². The number of aromatic nitrogens is 2. The monoisotopic (exact) mass is 346 g/mol. The molecule has 2 heterocycles. The van der Waals surface area contributed by atoms with Crippen LogP contribution in [-0.4, -0.2) is 28.2 Å². The molecule has 0 amide bonds. The van der Waals surface area contributed by atoms with Crippen LogP contribution >= 0.6 is 23.1 Å². The van der Waals surface area contributed by atoms with Gasteiger partial charge in [0.1, 0.15) is 10.6 Å². The number of thioether (sulfide) groups is 1. The highest BCUT2D eigenvalue weighted by Gasteiger charge is 2.13. The van der Waals surface area contributed by atoms with Crippen LogP contribution in [0.3, 0.4) is 0 Å². The summed E-state index contributed by atoms with van der Waals surface area (Å²) in [6, 6.07) is 8.80. The predicted molar refractivity (Wildman–Crippen MR) is 92.9 cm³/mol. The molecule has 2 aromatic heterocycles. The lowest BCUT2D eigenvalue weighted by atomic mass is 10.1. The van der Waals surface area contributed by atoms with E-state index in [1.807, 2.05) is 5.38 Å². The maximum atomic E-state index is 12.3. The molecule has 3 rings (SSSR count). The Hall–Kier alpha value is -2.12. The number of carbonyl (C=O) groups is 1. The molecule has 118 valence electrons. The van der Waals surface area contributed by atoms with Crippen LogP contribution in [-0.2, 0) is 7.05 Å². The second kappa shape index (κ2) is 6.55. The van der Waals surface area contributed by atoms with Crippen molar-refractivity contribution in [3.8, 4) is 5.75 Å². The molecule has 3 aromatic rings. The van der Waals surface area contributed by atoms with Gasteiger partial charge in [-0.2, -0.15) is 0 Å². The highest BCUT2D eigenvalue weighted by molar-refractivity contribution is 7.99. The summed E-state index contributed by atoms with van der Waals surface area (Å²) >= 11 is 2.68. The fourth-order valence-electron chi connectivity index (χ4n) is 2.12. The van der Waals surface area contributed by atoms with Gasteiger partial charge in [-0.25, -0.2) is 4.98 Å². The highest BCUT2D eigenvalue weighted by atomic mass is 32.2. The number of thiophene rings is 1. The molecule has 1 aromatic carbocycles. The fraction of sp³-hybridized carbons (Fsp3) is 0.188. The van der Waals surface area contributed by atoms with Crippen LogP contribution in [0.2, 0.25) is 0 Å². The van der Waals surface area contributed by atoms with E-state index in [4.69, 9.17) is 4.74 Å². The Kier molecular flexibility index (Phi) is 4.49. The van der Waals surface area contributed by atoms with Crippen molar-refractivity contribution in [3.63, 3.8) is 0 Å². The third-order valence-electron chi connectivity index (χ3n) is 3.39. The molecular weight excluding hydrogens is 332 g/mol. The topological polar surface area (TPSA) is 61.2 Å². The van der Waals surface area contributed by atoms with Crippen molar-refractivity contribution in [2.45, 2.75) is 5.16 Å². The van der Waals surface area contributed by atoms with E-state index in [0.29, 0.717) is 26.7 Å². The van der Waals surface area contributed by atoms with E-state index in [9.17, 15) is 9.59 Å². The van der Waals surface area contributed by atoms with Gasteiger partial charge >= 0.3 is 0 Å². The Morgan fingerprint density at radius 2 is 2.22 bits per heavy atom. The lowest BCUT2D eigenvalue weighted by Gasteiger charge is -2.07. The van der Waals surface area contributed by atoms with E-state index in [1.54, 1.807) is 44.5 Å². The summed E-state index contributed by atoms with van der Waals surface area (Å²) in [5, 5.41) is 3.00. The minimum Gasteiger partial charge on any atom is -0.497 e. The summed E-state index contributed by atoms with van der Waals surface area (Å²) in [6.07, 6.45) is 0. The predicted octanol–water partition coefficient (Wildman–Crippen LogP) is 2.98. The summed E-state index contributed by atoms with van der Waals surface area (Å²) in [5.41, 5.74) is 0.492. The van der Waals surface area contributed by atoms with E-state index in [1.165, 1.54) is 27.7 Å². The average molecular weight is 346 g/mol. The number of carbonyl (C=O) groups excluding carboxylic acids is 1. The lowest BCUT2D eigenvalue weighted by Crippen LogP contribution is -2.19. The van der Waals surface area contributed by atoms with Crippen molar-refractivity contribution >= 4 is 39.1 Å². The van der Waals surface area contributed by atoms with Gasteiger partial charge < -0.3 is 4.74 Å². The van der Waals surface area contributed by atoms with Gasteiger partial charge in [0.05, 0.1) is 18.2 Å². The SMILES string of the molecule is COc1cccc(C(=O)CSc2nc3sccc3c(=O)n2C)c1. The summed E-state index contributed by atoms with van der Waals surface area (Å²) in [4.78, 5) is 29.7. The van der Waals surface area contributed by atoms with Gasteiger partial charge in [0.25, 0.3) is 5.56 Å². The Morgan fingerprint density at radius 3 is 3.00 bits per heavy atom. The zero-order valence-electron chi connectivity index (χ0n) is 12.6. The number of ketones is 1. The van der Waals surface area contributed by atoms with Crippen molar-refractivity contribution < 1.29 is 9.53 Å². The minimum atomic E-state index is -0.0902. The number of Topliss-reactive ketones (excluding diaryl/α,β-unsaturated/α-hetero) is 1. The van der Waals surface area contributed by atoms with Crippen molar-refractivity contribution in [2.24, 2.45) is 7.05 Å². The molecule has 0 aliphatic heterocycles. The summed E-state index contributed by atoms with van der Waals surface area (Å²) in [6.45, 7) is 0. The maximum Gasteiger partial charge on any atom is 0.262 e. The van der Waals surface area contributed by atoms with Gasteiger partial charge in [-0.05, 0) is 23.6 Å². The molecule has 0 atom stereocenters. The first-order chi connectivity index (χ1) is 11.1. The molecule has 0 bridgehead atoms. The number of hydrogen-bond acceptors (Lipinski definition) is 6. The average Bonchev–Trinajstić information content (AvgIpc) is 3.05. The molecule has 0 spiro atoms. The van der Waals surface area contributed by atoms with E-state index in [-0.39, 0.29) is 17.1 Å². The lowest BCUT2D eigenvalue weighted by molar-refractivity contribution is 0.102. The molecule has 0 N–H and O–H groups in total. The summed E-state index contributed by atoms with van der Waals surface area (Å²) < 4.78 is 6.61. The normalized spacial score (nSPS) is 10.9. The summed E-state index contributed by atoms with van der Waals surface area (Å²) in [5.74, 6) is 0.824. The molecule has 0 saturated carbocycles. The van der Waals surface area contributed by atoms with Crippen molar-refractivity contribution in [1.82, 2.24) is 9.55 Å². The largest absolute Gasteiger partial charge is 0.497 e. The minimum absolute atomic E-state index is 0.0329. The van der Waals surface area contributed by atoms with Gasteiger partial charge in [0.2, 0.25) is 0 Å². The molecule has 0 fully saturated rings. The van der Waals surface area contributed by atoms with Crippen LogP contribution in [0.25, 0.3) is 10.2 Å². The molecular formula is C16H14N2O3S2. The Balaban J connectivity index is 1.81. The van der Waals surface area contributed by atoms with Crippen molar-refractivity contribution in [2.75, 3.05) is 12.9 Å². The van der Waals surface area contributed by atoms with Crippen molar-refractivity contribution in [1.29, 1.82) is 0 Å². The molecule has 0 unspecified atom stereocenters. The van der Waals surface area contributed by atoms with Crippen LogP contribution in [0.5, 0.6) is 5.75 Å². The van der Waals surface area contributed by atoms with E-state index < -0.39 is 0 Å². The molecule has 23 heavy (non-hydrogen) atoms. The van der Waals surface area contributed by atoms with Crippen LogP contribution in [0.15, 0.2) is 45.7 Å². The second-order valence-corrected chi connectivity index (χ2v) is 6.68. The van der Waals surface area contributed by atoms with Gasteiger partial charge in [-0.3, -0.25) is 14.2 Å². The number of methoxy groups -OCH3 is 1. The Bertz CT molecular complexity index is 930. The molecule has 0 radical (unpaired) electrons. The maximum absolute atomic E-state index is 12.3. The number of ether oxygens (including phenoxy) is 1. The molecule has 0 saturated heterocycles. The van der Waals surface area contributed by atoms with Gasteiger partial charge in [-0.15, -0.1) is 11.3 Å². The van der Waals surface area contributed by atoms with Crippen LogP contribution in [0, 0.1) is 0 Å². The van der Waals surface area contributed by atoms with E-state index in [0.717, 1.165) is 0 Å². The molecule has 0 aliphatic carbocycles. The van der Waals surface area contributed by atoms with E-state index >= 15 is 0 Å².